The molecule has 0 unspecified atom stereocenters. The van der Waals surface area contributed by atoms with Crippen LogP contribution in [0.15, 0.2) is 18.2 Å². The molecule has 0 bridgehead atoms. The van der Waals surface area contributed by atoms with Gasteiger partial charge in [-0.15, -0.1) is 0 Å². The van der Waals surface area contributed by atoms with Gasteiger partial charge in [0.05, 0.1) is 18.8 Å². The van der Waals surface area contributed by atoms with Crippen molar-refractivity contribution in [2.24, 2.45) is 17.8 Å². The molecule has 0 saturated carbocycles. The lowest BCUT2D eigenvalue weighted by atomic mass is 9.80. The van der Waals surface area contributed by atoms with E-state index in [0.717, 1.165) is 42.7 Å². The van der Waals surface area contributed by atoms with Crippen LogP contribution in [-0.2, 0) is 26.1 Å². The number of amides is 2. The van der Waals surface area contributed by atoms with Crippen LogP contribution in [-0.4, -0.2) is 60.7 Å². The van der Waals surface area contributed by atoms with Crippen LogP contribution in [0.3, 0.4) is 0 Å². The SMILES string of the molecule is CCCCNC(=O)[C@H](C)C[C@H](O)[C@H](C[C@H](Cc1ccc(C(C)(C)C)c(OC[C@@H]2CO2)c1)C(C)C)NC(=O)OC(C)(C)C. The van der Waals surface area contributed by atoms with E-state index in [9.17, 15) is 14.7 Å². The second-order valence-electron chi connectivity index (χ2n) is 14.4. The molecule has 240 valence electrons. The van der Waals surface area contributed by atoms with E-state index in [0.29, 0.717) is 19.6 Å². The van der Waals surface area contributed by atoms with E-state index < -0.39 is 29.8 Å². The molecule has 2 rings (SSSR count). The highest BCUT2D eigenvalue weighted by Gasteiger charge is 2.31. The van der Waals surface area contributed by atoms with Crippen molar-refractivity contribution >= 4 is 12.0 Å². The number of epoxide rings is 1. The number of rotatable bonds is 16. The van der Waals surface area contributed by atoms with E-state index >= 15 is 0 Å². The topological polar surface area (TPSA) is 109 Å². The highest BCUT2D eigenvalue weighted by Crippen LogP contribution is 2.34. The first kappa shape index (κ1) is 35.9. The second-order valence-corrected chi connectivity index (χ2v) is 14.4. The first-order valence-electron chi connectivity index (χ1n) is 15.8. The summed E-state index contributed by atoms with van der Waals surface area (Å²) in [7, 11) is 0. The number of carbonyl (C=O) groups is 2. The zero-order valence-electron chi connectivity index (χ0n) is 27.8. The fraction of sp³-hybridized carbons (Fsp3) is 0.765. The highest BCUT2D eigenvalue weighted by atomic mass is 16.6. The molecule has 1 aliphatic rings. The summed E-state index contributed by atoms with van der Waals surface area (Å²) in [4.78, 5) is 25.5. The Morgan fingerprint density at radius 3 is 2.31 bits per heavy atom. The number of aliphatic hydroxyl groups excluding tert-OH is 1. The van der Waals surface area contributed by atoms with Gasteiger partial charge in [-0.2, -0.15) is 0 Å². The van der Waals surface area contributed by atoms with Gasteiger partial charge in [-0.05, 0) is 80.9 Å². The summed E-state index contributed by atoms with van der Waals surface area (Å²) < 4.78 is 17.1. The molecule has 5 atom stereocenters. The predicted molar refractivity (Wildman–Crippen MR) is 168 cm³/mol. The molecule has 3 N–H and O–H groups in total. The third kappa shape index (κ3) is 12.9. The van der Waals surface area contributed by atoms with Crippen LogP contribution in [0.5, 0.6) is 5.75 Å². The third-order valence-corrected chi connectivity index (χ3v) is 7.72. The number of benzene rings is 1. The van der Waals surface area contributed by atoms with Gasteiger partial charge in [0, 0.05) is 12.5 Å². The Hall–Kier alpha value is -2.32. The largest absolute Gasteiger partial charge is 0.490 e. The molecule has 1 aromatic carbocycles. The van der Waals surface area contributed by atoms with Crippen LogP contribution in [0.4, 0.5) is 4.79 Å². The van der Waals surface area contributed by atoms with Crippen molar-refractivity contribution in [1.29, 1.82) is 0 Å². The standard InChI is InChI=1S/C34H58N2O6/c1-11-12-15-35-31(38)23(4)16-29(37)28(36-32(39)42-34(8,9)10)19-25(22(2)3)17-24-13-14-27(33(5,6)7)30(18-24)41-21-26-20-40-26/h13-14,18,22-23,25-26,28-29,37H,11-12,15-17,19-21H2,1-10H3,(H,35,38)(H,36,39)/t23-,25+,26+,28+,29+/m1/s1. The number of ether oxygens (including phenoxy) is 3. The molecule has 2 amide bonds. The van der Waals surface area contributed by atoms with Crippen molar-refractivity contribution in [3.8, 4) is 5.75 Å². The molecular formula is C34H58N2O6. The lowest BCUT2D eigenvalue weighted by Crippen LogP contribution is -2.48. The van der Waals surface area contributed by atoms with E-state index in [2.05, 4.69) is 70.4 Å². The minimum Gasteiger partial charge on any atom is -0.490 e. The molecule has 0 radical (unpaired) electrons. The molecule has 8 nitrogen and oxygen atoms in total. The molecular weight excluding hydrogens is 532 g/mol. The van der Waals surface area contributed by atoms with Crippen molar-refractivity contribution in [2.45, 2.75) is 131 Å². The second kappa shape index (κ2) is 15.9. The van der Waals surface area contributed by atoms with Gasteiger partial charge in [-0.1, -0.05) is 67.0 Å². The normalized spacial score (nSPS) is 18.1. The minimum atomic E-state index is -0.911. The van der Waals surface area contributed by atoms with Gasteiger partial charge in [-0.3, -0.25) is 4.79 Å². The molecule has 8 heteroatoms. The molecule has 1 heterocycles. The molecule has 42 heavy (non-hydrogen) atoms. The quantitative estimate of drug-likeness (QED) is 0.157. The Bertz CT molecular complexity index is 993. The van der Waals surface area contributed by atoms with Crippen LogP contribution in [0.2, 0.25) is 0 Å². The Balaban J connectivity index is 2.24. The van der Waals surface area contributed by atoms with Crippen molar-refractivity contribution in [1.82, 2.24) is 10.6 Å². The lowest BCUT2D eigenvalue weighted by Gasteiger charge is -2.32. The zero-order valence-corrected chi connectivity index (χ0v) is 27.8. The van der Waals surface area contributed by atoms with Gasteiger partial charge in [-0.25, -0.2) is 4.79 Å². The zero-order chi connectivity index (χ0) is 31.7. The van der Waals surface area contributed by atoms with Crippen molar-refractivity contribution in [2.75, 3.05) is 19.8 Å². The summed E-state index contributed by atoms with van der Waals surface area (Å²) in [5, 5.41) is 17.3. The molecule has 1 aliphatic heterocycles. The Morgan fingerprint density at radius 1 is 1.10 bits per heavy atom. The maximum absolute atomic E-state index is 12.8. The Labute approximate surface area is 254 Å². The summed E-state index contributed by atoms with van der Waals surface area (Å²) in [5.41, 5.74) is 1.56. The maximum atomic E-state index is 12.8. The summed E-state index contributed by atoms with van der Waals surface area (Å²) in [6.07, 6.45) is 2.13. The van der Waals surface area contributed by atoms with Gasteiger partial charge in [0.15, 0.2) is 0 Å². The number of alkyl carbamates (subject to hydrolysis) is 1. The van der Waals surface area contributed by atoms with E-state index in [-0.39, 0.29) is 35.7 Å². The van der Waals surface area contributed by atoms with Gasteiger partial charge in [0.1, 0.15) is 24.1 Å². The maximum Gasteiger partial charge on any atom is 0.407 e. The minimum absolute atomic E-state index is 0.0677. The van der Waals surface area contributed by atoms with E-state index in [1.54, 1.807) is 0 Å². The van der Waals surface area contributed by atoms with Crippen molar-refractivity contribution in [3.05, 3.63) is 29.3 Å². The Morgan fingerprint density at radius 2 is 1.76 bits per heavy atom. The number of hydrogen-bond acceptors (Lipinski definition) is 6. The van der Waals surface area contributed by atoms with Crippen LogP contribution >= 0.6 is 0 Å². The lowest BCUT2D eigenvalue weighted by molar-refractivity contribution is -0.125. The average Bonchev–Trinajstić information content (AvgIpc) is 3.69. The first-order chi connectivity index (χ1) is 19.5. The van der Waals surface area contributed by atoms with Crippen molar-refractivity contribution in [3.63, 3.8) is 0 Å². The number of aliphatic hydroxyl groups is 1. The van der Waals surface area contributed by atoms with Crippen molar-refractivity contribution < 1.29 is 28.9 Å². The molecule has 1 aromatic rings. The summed E-state index contributed by atoms with van der Waals surface area (Å²) in [6, 6.07) is 5.87. The smallest absolute Gasteiger partial charge is 0.407 e. The first-order valence-corrected chi connectivity index (χ1v) is 15.8. The summed E-state index contributed by atoms with van der Waals surface area (Å²) in [5.74, 6) is 0.832. The van der Waals surface area contributed by atoms with Gasteiger partial charge >= 0.3 is 6.09 Å². The van der Waals surface area contributed by atoms with Crippen LogP contribution in [0, 0.1) is 17.8 Å². The van der Waals surface area contributed by atoms with Gasteiger partial charge in [0.2, 0.25) is 5.91 Å². The number of hydrogen-bond donors (Lipinski definition) is 3. The van der Waals surface area contributed by atoms with Crippen LogP contribution < -0.4 is 15.4 Å². The molecule has 1 fully saturated rings. The third-order valence-electron chi connectivity index (χ3n) is 7.72. The number of unbranched alkanes of at least 4 members (excludes halogenated alkanes) is 1. The van der Waals surface area contributed by atoms with Gasteiger partial charge < -0.3 is 30.0 Å². The van der Waals surface area contributed by atoms with E-state index in [4.69, 9.17) is 14.2 Å². The molecule has 0 spiro atoms. The summed E-state index contributed by atoms with van der Waals surface area (Å²) >= 11 is 0. The molecule has 0 aliphatic carbocycles. The van der Waals surface area contributed by atoms with Crippen LogP contribution in [0.1, 0.15) is 106 Å². The van der Waals surface area contributed by atoms with E-state index in [1.165, 1.54) is 0 Å². The summed E-state index contributed by atoms with van der Waals surface area (Å²) in [6.45, 7) is 22.1. The fourth-order valence-corrected chi connectivity index (χ4v) is 4.97. The fourth-order valence-electron chi connectivity index (χ4n) is 4.97. The number of carbonyl (C=O) groups excluding carboxylic acids is 2. The monoisotopic (exact) mass is 590 g/mol. The average molecular weight is 591 g/mol. The Kier molecular flexibility index (Phi) is 13.6. The van der Waals surface area contributed by atoms with Crippen LogP contribution in [0.25, 0.3) is 0 Å². The highest BCUT2D eigenvalue weighted by molar-refractivity contribution is 5.78. The van der Waals surface area contributed by atoms with E-state index in [1.807, 2.05) is 27.7 Å². The molecule has 1 saturated heterocycles. The number of nitrogens with one attached hydrogen (secondary N) is 2. The predicted octanol–water partition coefficient (Wildman–Crippen LogP) is 6.16. The molecule has 0 aromatic heterocycles. The van der Waals surface area contributed by atoms with Gasteiger partial charge in [0.25, 0.3) is 0 Å².